The molecule has 0 bridgehead atoms. The molecular formula is C5H9O2P. The lowest BCUT2D eigenvalue weighted by molar-refractivity contribution is 0.125. The summed E-state index contributed by atoms with van der Waals surface area (Å²) in [6.45, 7) is 0. The highest BCUT2D eigenvalue weighted by atomic mass is 31.1. The summed E-state index contributed by atoms with van der Waals surface area (Å²) >= 11 is 0. The first kappa shape index (κ1) is 5.90. The van der Waals surface area contributed by atoms with Crippen molar-refractivity contribution in [2.45, 2.75) is 6.42 Å². The van der Waals surface area contributed by atoms with E-state index in [-0.39, 0.29) is 5.95 Å². The van der Waals surface area contributed by atoms with E-state index in [9.17, 15) is 0 Å². The van der Waals surface area contributed by atoms with E-state index in [1.165, 1.54) is 0 Å². The highest BCUT2D eigenvalue weighted by Gasteiger charge is 1.97. The Balaban J connectivity index is 2.36. The maximum Gasteiger partial charge on any atom is 0.272 e. The minimum Gasteiger partial charge on any atom is -0.481 e. The minimum absolute atomic E-state index is 0.106. The van der Waals surface area contributed by atoms with Crippen molar-refractivity contribution in [2.75, 3.05) is 12.5 Å². The third-order valence-corrected chi connectivity index (χ3v) is 1.95. The van der Waals surface area contributed by atoms with Crippen LogP contribution in [0, 0.1) is 0 Å². The first-order valence-corrected chi connectivity index (χ1v) is 4.03. The summed E-state index contributed by atoms with van der Waals surface area (Å²) in [5, 5.41) is 8.73. The summed E-state index contributed by atoms with van der Waals surface area (Å²) in [6.07, 6.45) is 4.54. The summed E-state index contributed by atoms with van der Waals surface area (Å²) in [6, 6.07) is 0. The fraction of sp³-hybridized carbons (Fsp3) is 0.600. The van der Waals surface area contributed by atoms with Gasteiger partial charge in [0.25, 0.3) is 5.95 Å². The third-order valence-electron chi connectivity index (χ3n) is 0.962. The van der Waals surface area contributed by atoms with Crippen LogP contribution in [0.4, 0.5) is 0 Å². The minimum atomic E-state index is 0.106. The first-order chi connectivity index (χ1) is 3.89. The second-order valence-corrected chi connectivity index (χ2v) is 2.91. The maximum atomic E-state index is 8.73. The smallest absolute Gasteiger partial charge is 0.272 e. The van der Waals surface area contributed by atoms with Gasteiger partial charge >= 0.3 is 0 Å². The molecular weight excluding hydrogens is 123 g/mol. The summed E-state index contributed by atoms with van der Waals surface area (Å²) in [5.41, 5.74) is 0. The average Bonchev–Trinajstić information content (AvgIpc) is 1.94. The Hall–Kier alpha value is -0.230. The number of aliphatic hydroxyl groups excluding tert-OH is 1. The van der Waals surface area contributed by atoms with Gasteiger partial charge in [-0.3, -0.25) is 0 Å². The Bertz CT molecular complexity index is 101. The van der Waals surface area contributed by atoms with Crippen LogP contribution in [0.2, 0.25) is 0 Å². The van der Waals surface area contributed by atoms with Gasteiger partial charge in [0.15, 0.2) is 0 Å². The van der Waals surface area contributed by atoms with Crippen LogP contribution in [0.3, 0.4) is 0 Å². The van der Waals surface area contributed by atoms with Crippen molar-refractivity contribution in [3.63, 3.8) is 0 Å². The molecule has 8 heavy (non-hydrogen) atoms. The van der Waals surface area contributed by atoms with Crippen LogP contribution in [-0.4, -0.2) is 17.6 Å². The summed E-state index contributed by atoms with van der Waals surface area (Å²) < 4.78 is 4.83. The van der Waals surface area contributed by atoms with E-state index in [0.717, 1.165) is 21.2 Å². The second kappa shape index (κ2) is 2.93. The number of ether oxygens (including phenoxy) is 1. The van der Waals surface area contributed by atoms with E-state index in [1.807, 2.05) is 0 Å². The Morgan fingerprint density at radius 2 is 2.62 bits per heavy atom. The molecule has 1 N–H and O–H groups in total. The van der Waals surface area contributed by atoms with Crippen molar-refractivity contribution in [3.05, 3.63) is 12.0 Å². The summed E-state index contributed by atoms with van der Waals surface area (Å²) in [5.74, 6) is 0.106. The molecule has 0 aromatic carbocycles. The fourth-order valence-corrected chi connectivity index (χ4v) is 1.30. The van der Waals surface area contributed by atoms with Crippen molar-refractivity contribution in [1.29, 1.82) is 0 Å². The molecule has 0 radical (unpaired) electrons. The van der Waals surface area contributed by atoms with E-state index in [2.05, 4.69) is 0 Å². The van der Waals surface area contributed by atoms with Crippen molar-refractivity contribution in [1.82, 2.24) is 0 Å². The van der Waals surface area contributed by atoms with Gasteiger partial charge in [-0.15, -0.1) is 0 Å². The predicted octanol–water partition coefficient (Wildman–Crippen LogP) is 1.44. The zero-order chi connectivity index (χ0) is 5.82. The van der Waals surface area contributed by atoms with Gasteiger partial charge in [0.05, 0.1) is 0 Å². The Morgan fingerprint density at radius 3 is 3.50 bits per heavy atom. The largest absolute Gasteiger partial charge is 0.481 e. The molecule has 1 heterocycles. The molecule has 46 valence electrons. The quantitative estimate of drug-likeness (QED) is 0.505. The monoisotopic (exact) mass is 132 g/mol. The van der Waals surface area contributed by atoms with Gasteiger partial charge in [-0.05, 0) is 18.7 Å². The van der Waals surface area contributed by atoms with E-state index >= 15 is 0 Å². The zero-order valence-electron chi connectivity index (χ0n) is 4.55. The maximum absolute atomic E-state index is 8.73. The molecule has 0 saturated heterocycles. The number of hydrogen-bond acceptors (Lipinski definition) is 2. The van der Waals surface area contributed by atoms with Crippen LogP contribution >= 0.6 is 8.58 Å². The predicted molar refractivity (Wildman–Crippen MR) is 34.5 cm³/mol. The average molecular weight is 132 g/mol. The highest BCUT2D eigenvalue weighted by molar-refractivity contribution is 7.37. The Labute approximate surface area is 50.3 Å². The lowest BCUT2D eigenvalue weighted by Crippen LogP contribution is -1.84. The normalized spacial score (nSPS) is 23.8. The molecule has 0 aliphatic carbocycles. The topological polar surface area (TPSA) is 29.5 Å². The third kappa shape index (κ3) is 1.71. The molecule has 0 amide bonds. The molecule has 0 fully saturated rings. The molecule has 0 aromatic heterocycles. The van der Waals surface area contributed by atoms with Crippen LogP contribution in [0.5, 0.6) is 0 Å². The summed E-state index contributed by atoms with van der Waals surface area (Å²) in [4.78, 5) is 0. The van der Waals surface area contributed by atoms with Crippen molar-refractivity contribution >= 4 is 8.58 Å². The number of hydrogen-bond donors (Lipinski definition) is 1. The molecule has 3 heteroatoms. The zero-order valence-corrected chi connectivity index (χ0v) is 5.55. The van der Waals surface area contributed by atoms with Gasteiger partial charge in [-0.1, -0.05) is 8.58 Å². The van der Waals surface area contributed by atoms with Crippen LogP contribution in [-0.2, 0) is 4.74 Å². The van der Waals surface area contributed by atoms with Gasteiger partial charge in [-0.25, -0.2) is 0 Å². The molecule has 1 aliphatic rings. The fourth-order valence-electron chi connectivity index (χ4n) is 0.554. The molecule has 1 unspecified atom stereocenters. The van der Waals surface area contributed by atoms with Crippen LogP contribution in [0.15, 0.2) is 12.0 Å². The SMILES string of the molecule is OC1=CCCPCO1. The van der Waals surface area contributed by atoms with Crippen molar-refractivity contribution in [2.24, 2.45) is 0 Å². The standard InChI is InChI=1S/C5H9O2P/c6-5-2-1-3-8-4-7-5/h2,6,8H,1,3-4H2. The van der Waals surface area contributed by atoms with Gasteiger partial charge in [0.1, 0.15) is 6.35 Å². The van der Waals surface area contributed by atoms with Crippen molar-refractivity contribution in [3.8, 4) is 0 Å². The van der Waals surface area contributed by atoms with Gasteiger partial charge in [0, 0.05) is 0 Å². The molecule has 2 nitrogen and oxygen atoms in total. The van der Waals surface area contributed by atoms with E-state index < -0.39 is 0 Å². The molecule has 0 spiro atoms. The van der Waals surface area contributed by atoms with E-state index in [4.69, 9.17) is 9.84 Å². The number of rotatable bonds is 0. The molecule has 0 aromatic rings. The van der Waals surface area contributed by atoms with Crippen molar-refractivity contribution < 1.29 is 9.84 Å². The Kier molecular flexibility index (Phi) is 2.16. The molecule has 1 aliphatic heterocycles. The molecule has 1 rings (SSSR count). The van der Waals surface area contributed by atoms with Crippen LogP contribution in [0.1, 0.15) is 6.42 Å². The number of allylic oxidation sites excluding steroid dienone is 1. The van der Waals surface area contributed by atoms with Gasteiger partial charge < -0.3 is 9.84 Å². The Morgan fingerprint density at radius 1 is 1.75 bits per heavy atom. The lowest BCUT2D eigenvalue weighted by atomic mass is 10.5. The van der Waals surface area contributed by atoms with Crippen LogP contribution < -0.4 is 0 Å². The number of aliphatic hydroxyl groups is 1. The summed E-state index contributed by atoms with van der Waals surface area (Å²) in [7, 11) is 0.846. The second-order valence-electron chi connectivity index (χ2n) is 1.62. The first-order valence-electron chi connectivity index (χ1n) is 2.62. The molecule has 1 atom stereocenters. The van der Waals surface area contributed by atoms with Gasteiger partial charge in [-0.2, -0.15) is 0 Å². The highest BCUT2D eigenvalue weighted by Crippen LogP contribution is 2.17. The molecule has 0 saturated carbocycles. The van der Waals surface area contributed by atoms with Crippen LogP contribution in [0.25, 0.3) is 0 Å². The van der Waals surface area contributed by atoms with Gasteiger partial charge in [0.2, 0.25) is 0 Å². The lowest BCUT2D eigenvalue weighted by Gasteiger charge is -1.97. The van der Waals surface area contributed by atoms with E-state index in [1.54, 1.807) is 6.08 Å². The van der Waals surface area contributed by atoms with E-state index in [0.29, 0.717) is 6.35 Å².